The molecule has 0 heterocycles. The second kappa shape index (κ2) is 22.4. The minimum Gasteiger partial charge on any atom is -2.00 e. The summed E-state index contributed by atoms with van der Waals surface area (Å²) >= 11 is 0. The number of fused-ring (bicyclic) bond motifs is 3. The van der Waals surface area contributed by atoms with E-state index >= 15 is 0 Å². The van der Waals surface area contributed by atoms with E-state index in [-0.39, 0.29) is 117 Å². The molecule has 53 heavy (non-hydrogen) atoms. The zero-order chi connectivity index (χ0) is 35.1. The summed E-state index contributed by atoms with van der Waals surface area (Å²) in [6.07, 6.45) is 0. The topological polar surface area (TPSA) is 252 Å². The van der Waals surface area contributed by atoms with Crippen LogP contribution in [0.3, 0.4) is 0 Å². The maximum Gasteiger partial charge on any atom is 2.00 e. The molecule has 0 unspecified atom stereocenters. The van der Waals surface area contributed by atoms with E-state index in [1.807, 2.05) is 0 Å². The number of benzene rings is 6. The van der Waals surface area contributed by atoms with Gasteiger partial charge in [0.15, 0.2) is 0 Å². The Labute approximate surface area is 351 Å². The van der Waals surface area contributed by atoms with Crippen LogP contribution >= 0.6 is 0 Å². The molecular formula is C36H24O13Zn4+6. The molecule has 0 aliphatic carbocycles. The number of hydrogen-bond acceptors (Lipinski definition) is 6. The Balaban J connectivity index is 0. The monoisotopic (exact) mass is 920 g/mol. The van der Waals surface area contributed by atoms with Crippen LogP contribution in [0, 0.1) is 0 Å². The standard InChI is InChI=1S/3C12H8O4.O.4Zn/c3*13-11(14)9-3-1-7-5-10(12(15)16)4-2-8(7)6-9;;;;;/h3*1-6H,(H,13,14)(H,15,16);;;;;/q;;;-2;4*+2. The fraction of sp³-hybridized carbons (Fsp3) is 0. The molecule has 6 rings (SSSR count). The third-order valence-electron chi connectivity index (χ3n) is 7.00. The van der Waals surface area contributed by atoms with Crippen molar-refractivity contribution in [3.05, 3.63) is 143 Å². The molecule has 0 radical (unpaired) electrons. The minimum atomic E-state index is -0.996. The van der Waals surface area contributed by atoms with E-state index in [1.165, 1.54) is 72.8 Å². The molecule has 6 aromatic carbocycles. The molecule has 248 valence electrons. The van der Waals surface area contributed by atoms with Gasteiger partial charge in [-0.05, 0) is 105 Å². The van der Waals surface area contributed by atoms with Crippen molar-refractivity contribution in [3.63, 3.8) is 0 Å². The Morgan fingerprint density at radius 1 is 0.264 bits per heavy atom. The van der Waals surface area contributed by atoms with E-state index < -0.39 is 35.8 Å². The van der Waals surface area contributed by atoms with Crippen molar-refractivity contribution in [2.45, 2.75) is 0 Å². The quantitative estimate of drug-likeness (QED) is 0.0970. The first-order valence-electron chi connectivity index (χ1n) is 13.7. The molecule has 0 spiro atoms. The second-order valence-corrected chi connectivity index (χ2v) is 10.2. The maximum absolute atomic E-state index is 10.7. The fourth-order valence-electron chi connectivity index (χ4n) is 4.54. The van der Waals surface area contributed by atoms with Gasteiger partial charge in [0.25, 0.3) is 0 Å². The molecule has 6 aromatic rings. The number of aromatic carboxylic acids is 6. The van der Waals surface area contributed by atoms with Gasteiger partial charge in [-0.15, -0.1) is 0 Å². The second-order valence-electron chi connectivity index (χ2n) is 10.2. The summed E-state index contributed by atoms with van der Waals surface area (Å²) in [5.74, 6) is -5.98. The predicted octanol–water partition coefficient (Wildman–Crippen LogP) is 6.58. The predicted molar refractivity (Wildman–Crippen MR) is 174 cm³/mol. The van der Waals surface area contributed by atoms with Gasteiger partial charge in [-0.25, -0.2) is 28.8 Å². The van der Waals surface area contributed by atoms with E-state index in [0.717, 1.165) is 0 Å². The summed E-state index contributed by atoms with van der Waals surface area (Å²) in [6, 6.07) is 27.4. The number of carboxylic acid groups (broad SMARTS) is 6. The molecule has 0 saturated carbocycles. The van der Waals surface area contributed by atoms with Crippen LogP contribution in [0.1, 0.15) is 62.1 Å². The van der Waals surface area contributed by atoms with Crippen LogP contribution in [0.15, 0.2) is 109 Å². The van der Waals surface area contributed by atoms with Crippen LogP contribution in [0.2, 0.25) is 0 Å². The van der Waals surface area contributed by atoms with Crippen LogP contribution < -0.4 is 0 Å². The smallest absolute Gasteiger partial charge is 2.00 e. The Morgan fingerprint density at radius 2 is 0.377 bits per heavy atom. The van der Waals surface area contributed by atoms with Gasteiger partial charge in [-0.2, -0.15) is 0 Å². The van der Waals surface area contributed by atoms with E-state index in [2.05, 4.69) is 0 Å². The first kappa shape index (κ1) is 50.5. The number of carbonyl (C=O) groups is 6. The first-order chi connectivity index (χ1) is 22.7. The Morgan fingerprint density at radius 3 is 0.472 bits per heavy atom. The minimum absolute atomic E-state index is 0. The van der Waals surface area contributed by atoms with Gasteiger partial charge in [-0.1, -0.05) is 36.4 Å². The molecular weight excluding hydrogens is 902 g/mol. The average molecular weight is 926 g/mol. The van der Waals surface area contributed by atoms with E-state index in [4.69, 9.17) is 30.6 Å². The maximum atomic E-state index is 10.7. The van der Waals surface area contributed by atoms with Gasteiger partial charge >= 0.3 is 114 Å². The molecule has 0 aliphatic rings. The molecule has 0 saturated heterocycles. The molecule has 0 amide bonds. The molecule has 0 aliphatic heterocycles. The average Bonchev–Trinajstić information content (AvgIpc) is 3.07. The van der Waals surface area contributed by atoms with Crippen molar-refractivity contribution < 1.29 is 143 Å². The summed E-state index contributed by atoms with van der Waals surface area (Å²) in [5, 5.41) is 57.0. The van der Waals surface area contributed by atoms with Crippen LogP contribution in [0.5, 0.6) is 0 Å². The zero-order valence-electron chi connectivity index (χ0n) is 27.8. The summed E-state index contributed by atoms with van der Waals surface area (Å²) in [5.41, 5.74) is 1.14. The summed E-state index contributed by atoms with van der Waals surface area (Å²) in [4.78, 5) is 64.4. The van der Waals surface area contributed by atoms with E-state index in [1.54, 1.807) is 36.4 Å². The SMILES string of the molecule is O=C(O)c1ccc2cc(C(=O)O)ccc2c1.O=C(O)c1ccc2cc(C(=O)O)ccc2c1.O=C(O)c1ccc2cc(C(=O)O)ccc2c1.[O-2].[Zn+2].[Zn+2].[Zn+2].[Zn+2]. The third kappa shape index (κ3) is 13.4. The van der Waals surface area contributed by atoms with Crippen LogP contribution in [-0.4, -0.2) is 66.5 Å². The Bertz CT molecular complexity index is 1880. The molecule has 0 aromatic heterocycles. The van der Waals surface area contributed by atoms with Gasteiger partial charge < -0.3 is 36.1 Å². The first-order valence-corrected chi connectivity index (χ1v) is 13.7. The van der Waals surface area contributed by atoms with Crippen molar-refractivity contribution in [2.75, 3.05) is 0 Å². The molecule has 13 nitrogen and oxygen atoms in total. The zero-order valence-corrected chi connectivity index (χ0v) is 39.6. The van der Waals surface area contributed by atoms with Gasteiger partial charge in [-0.3, -0.25) is 0 Å². The van der Waals surface area contributed by atoms with Crippen molar-refractivity contribution in [1.82, 2.24) is 0 Å². The molecule has 17 heteroatoms. The molecule has 0 bridgehead atoms. The third-order valence-corrected chi connectivity index (χ3v) is 7.00. The van der Waals surface area contributed by atoms with Gasteiger partial charge in [0.05, 0.1) is 33.4 Å². The van der Waals surface area contributed by atoms with E-state index in [0.29, 0.717) is 32.3 Å². The fourth-order valence-corrected chi connectivity index (χ4v) is 4.54. The number of rotatable bonds is 6. The van der Waals surface area contributed by atoms with Crippen molar-refractivity contribution in [1.29, 1.82) is 0 Å². The molecule has 6 N–H and O–H groups in total. The van der Waals surface area contributed by atoms with Crippen molar-refractivity contribution in [2.24, 2.45) is 0 Å². The van der Waals surface area contributed by atoms with Crippen LogP contribution in [0.25, 0.3) is 32.3 Å². The summed E-state index contributed by atoms with van der Waals surface area (Å²) < 4.78 is 0. The van der Waals surface area contributed by atoms with Crippen molar-refractivity contribution >= 4 is 68.1 Å². The number of carboxylic acids is 6. The number of hydrogen-bond donors (Lipinski definition) is 6. The molecule has 0 atom stereocenters. The van der Waals surface area contributed by atoms with Gasteiger partial charge in [0.2, 0.25) is 0 Å². The summed E-state index contributed by atoms with van der Waals surface area (Å²) in [6.45, 7) is 0. The van der Waals surface area contributed by atoms with Gasteiger partial charge in [0, 0.05) is 0 Å². The normalized spacial score (nSPS) is 9.28. The van der Waals surface area contributed by atoms with Crippen LogP contribution in [-0.2, 0) is 83.4 Å². The Kier molecular flexibility index (Phi) is 21.4. The van der Waals surface area contributed by atoms with E-state index in [9.17, 15) is 28.8 Å². The summed E-state index contributed by atoms with van der Waals surface area (Å²) in [7, 11) is 0. The van der Waals surface area contributed by atoms with Crippen LogP contribution in [0.4, 0.5) is 0 Å². The molecule has 0 fully saturated rings. The van der Waals surface area contributed by atoms with Gasteiger partial charge in [0.1, 0.15) is 0 Å². The van der Waals surface area contributed by atoms with Crippen molar-refractivity contribution in [3.8, 4) is 0 Å². The largest absolute Gasteiger partial charge is 2.00 e. The Hall–Kier alpha value is -4.63.